The van der Waals surface area contributed by atoms with Crippen molar-refractivity contribution in [3.05, 3.63) is 51.3 Å². The third kappa shape index (κ3) is 3.75. The van der Waals surface area contributed by atoms with E-state index in [1.165, 1.54) is 11.1 Å². The molecule has 120 valence electrons. The number of aromatic nitrogens is 1. The summed E-state index contributed by atoms with van der Waals surface area (Å²) in [5.41, 5.74) is 4.34. The minimum atomic E-state index is -0.0845. The van der Waals surface area contributed by atoms with Gasteiger partial charge in [0.25, 0.3) is 0 Å². The van der Waals surface area contributed by atoms with E-state index in [0.717, 1.165) is 22.2 Å². The fourth-order valence-corrected chi connectivity index (χ4v) is 3.09. The molecule has 0 atom stereocenters. The molecule has 1 aromatic heterocycles. The first-order valence-corrected chi connectivity index (χ1v) is 8.47. The first kappa shape index (κ1) is 17.1. The molecule has 0 bridgehead atoms. The highest BCUT2D eigenvalue weighted by Gasteiger charge is 2.26. The second-order valence-corrected chi connectivity index (χ2v) is 8.93. The fourth-order valence-electron chi connectivity index (χ4n) is 2.69. The zero-order valence-electron chi connectivity index (χ0n) is 14.3. The second kappa shape index (κ2) is 5.77. The molecular formula is C19H26BrNO. The average molecular weight is 364 g/mol. The maximum atomic E-state index is 10.7. The van der Waals surface area contributed by atoms with Gasteiger partial charge in [0.15, 0.2) is 0 Å². The van der Waals surface area contributed by atoms with Crippen LogP contribution in [-0.2, 0) is 17.3 Å². The monoisotopic (exact) mass is 363 g/mol. The van der Waals surface area contributed by atoms with E-state index in [0.29, 0.717) is 5.75 Å². The second-order valence-electron chi connectivity index (χ2n) is 8.07. The van der Waals surface area contributed by atoms with Gasteiger partial charge in [-0.1, -0.05) is 53.7 Å². The maximum Gasteiger partial charge on any atom is 0.123 e. The lowest BCUT2D eigenvalue weighted by molar-refractivity contribution is 0.423. The summed E-state index contributed by atoms with van der Waals surface area (Å²) < 4.78 is 0.994. The Morgan fingerprint density at radius 2 is 1.41 bits per heavy atom. The molecular weight excluding hydrogens is 338 g/mol. The molecule has 0 radical (unpaired) electrons. The van der Waals surface area contributed by atoms with Crippen molar-refractivity contribution in [2.45, 2.75) is 58.8 Å². The van der Waals surface area contributed by atoms with Crippen LogP contribution in [0.2, 0.25) is 0 Å². The highest BCUT2D eigenvalue weighted by atomic mass is 79.9. The van der Waals surface area contributed by atoms with Crippen LogP contribution in [0.3, 0.4) is 0 Å². The molecule has 0 saturated heterocycles. The third-order valence-corrected chi connectivity index (χ3v) is 4.36. The Morgan fingerprint density at radius 1 is 0.909 bits per heavy atom. The van der Waals surface area contributed by atoms with E-state index in [9.17, 15) is 5.11 Å². The van der Waals surface area contributed by atoms with E-state index < -0.39 is 0 Å². The number of H-pyrrole nitrogens is 1. The Morgan fingerprint density at radius 3 is 1.77 bits per heavy atom. The van der Waals surface area contributed by atoms with Gasteiger partial charge in [-0.25, -0.2) is 0 Å². The van der Waals surface area contributed by atoms with Gasteiger partial charge in [-0.15, -0.1) is 0 Å². The first-order chi connectivity index (χ1) is 9.98. The summed E-state index contributed by atoms with van der Waals surface area (Å²) in [6.07, 6.45) is 2.87. The molecule has 0 aliphatic carbocycles. The zero-order valence-corrected chi connectivity index (χ0v) is 15.9. The van der Waals surface area contributed by atoms with Gasteiger partial charge in [-0.05, 0) is 61.5 Å². The van der Waals surface area contributed by atoms with Crippen molar-refractivity contribution in [1.29, 1.82) is 0 Å². The molecule has 0 aliphatic heterocycles. The van der Waals surface area contributed by atoms with E-state index in [1.807, 2.05) is 6.20 Å². The molecule has 0 aliphatic rings. The predicted octanol–water partition coefficient (Wildman–Crippen LogP) is 5.67. The smallest absolute Gasteiger partial charge is 0.123 e. The number of phenolic OH excluding ortho intramolecular Hbond substituents is 1. The molecule has 0 spiro atoms. The van der Waals surface area contributed by atoms with Gasteiger partial charge in [0, 0.05) is 6.20 Å². The largest absolute Gasteiger partial charge is 0.507 e. The minimum absolute atomic E-state index is 0.0845. The van der Waals surface area contributed by atoms with Crippen molar-refractivity contribution < 1.29 is 5.11 Å². The molecule has 3 heteroatoms. The van der Waals surface area contributed by atoms with Gasteiger partial charge in [0.2, 0.25) is 0 Å². The molecule has 2 rings (SSSR count). The quantitative estimate of drug-likeness (QED) is 0.708. The highest BCUT2D eigenvalue weighted by Crippen LogP contribution is 2.40. The number of phenols is 1. The fraction of sp³-hybridized carbons (Fsp3) is 0.474. The van der Waals surface area contributed by atoms with Gasteiger partial charge < -0.3 is 10.1 Å². The van der Waals surface area contributed by atoms with E-state index in [2.05, 4.69) is 80.7 Å². The van der Waals surface area contributed by atoms with E-state index in [1.54, 1.807) is 0 Å². The topological polar surface area (TPSA) is 36.0 Å². The molecule has 2 nitrogen and oxygen atoms in total. The van der Waals surface area contributed by atoms with Crippen LogP contribution in [0.25, 0.3) is 0 Å². The summed E-state index contributed by atoms with van der Waals surface area (Å²) >= 11 is 3.45. The van der Waals surface area contributed by atoms with Crippen molar-refractivity contribution >= 4 is 15.9 Å². The minimum Gasteiger partial charge on any atom is -0.507 e. The van der Waals surface area contributed by atoms with Crippen LogP contribution in [-0.4, -0.2) is 10.1 Å². The van der Waals surface area contributed by atoms with Gasteiger partial charge in [0.1, 0.15) is 5.75 Å². The summed E-state index contributed by atoms with van der Waals surface area (Å²) in [5, 5.41) is 10.7. The van der Waals surface area contributed by atoms with Crippen LogP contribution < -0.4 is 0 Å². The van der Waals surface area contributed by atoms with Crippen molar-refractivity contribution in [2.24, 2.45) is 0 Å². The molecule has 1 heterocycles. The summed E-state index contributed by atoms with van der Waals surface area (Å²) in [6, 6.07) is 6.39. The number of nitrogens with one attached hydrogen (secondary N) is 1. The van der Waals surface area contributed by atoms with Crippen LogP contribution in [0, 0.1) is 0 Å². The number of hydrogen-bond acceptors (Lipinski definition) is 1. The number of rotatable bonds is 2. The number of hydrogen-bond donors (Lipinski definition) is 2. The summed E-state index contributed by atoms with van der Waals surface area (Å²) in [6.45, 7) is 12.9. The number of aromatic amines is 1. The summed E-state index contributed by atoms with van der Waals surface area (Å²) in [4.78, 5) is 3.16. The average Bonchev–Trinajstić information content (AvgIpc) is 2.74. The van der Waals surface area contributed by atoms with E-state index >= 15 is 0 Å². The van der Waals surface area contributed by atoms with E-state index in [4.69, 9.17) is 0 Å². The number of aromatic hydroxyl groups is 1. The molecule has 1 aromatic carbocycles. The zero-order chi connectivity index (χ0) is 16.7. The standard InChI is InChI=1S/C19H26BrNO/c1-18(2,3)14-8-12(7-13-10-16(20)21-11-13)9-15(17(14)22)19(4,5)6/h8-11,21-22H,7H2,1-6H3. The van der Waals surface area contributed by atoms with Crippen molar-refractivity contribution in [3.63, 3.8) is 0 Å². The van der Waals surface area contributed by atoms with Gasteiger partial charge >= 0.3 is 0 Å². The molecule has 22 heavy (non-hydrogen) atoms. The summed E-state index contributed by atoms with van der Waals surface area (Å²) in [5.74, 6) is 0.444. The highest BCUT2D eigenvalue weighted by molar-refractivity contribution is 9.10. The Hall–Kier alpha value is -1.22. The third-order valence-electron chi connectivity index (χ3n) is 3.90. The Bertz CT molecular complexity index is 636. The van der Waals surface area contributed by atoms with Gasteiger partial charge in [-0.2, -0.15) is 0 Å². The SMILES string of the molecule is CC(C)(C)c1cc(Cc2c[nH]c(Br)c2)cc(C(C)(C)C)c1O. The predicted molar refractivity (Wildman–Crippen MR) is 96.8 cm³/mol. The first-order valence-electron chi connectivity index (χ1n) is 7.68. The summed E-state index contributed by atoms with van der Waals surface area (Å²) in [7, 11) is 0. The van der Waals surface area contributed by atoms with Crippen molar-refractivity contribution in [1.82, 2.24) is 4.98 Å². The van der Waals surface area contributed by atoms with Crippen LogP contribution in [0.4, 0.5) is 0 Å². The van der Waals surface area contributed by atoms with Crippen LogP contribution in [0.1, 0.15) is 63.8 Å². The lowest BCUT2D eigenvalue weighted by Gasteiger charge is -2.28. The molecule has 0 saturated carbocycles. The Labute approximate surface area is 142 Å². The lowest BCUT2D eigenvalue weighted by atomic mass is 9.78. The molecule has 2 N–H and O–H groups in total. The molecule has 0 fully saturated rings. The lowest BCUT2D eigenvalue weighted by Crippen LogP contribution is -2.18. The Kier molecular flexibility index (Phi) is 4.49. The van der Waals surface area contributed by atoms with Crippen LogP contribution in [0.5, 0.6) is 5.75 Å². The number of halogens is 1. The molecule has 0 unspecified atom stereocenters. The van der Waals surface area contributed by atoms with Crippen LogP contribution in [0.15, 0.2) is 29.0 Å². The normalized spacial score (nSPS) is 12.7. The van der Waals surface area contributed by atoms with Crippen LogP contribution >= 0.6 is 15.9 Å². The van der Waals surface area contributed by atoms with E-state index in [-0.39, 0.29) is 10.8 Å². The maximum absolute atomic E-state index is 10.7. The van der Waals surface area contributed by atoms with Crippen molar-refractivity contribution in [3.8, 4) is 5.75 Å². The van der Waals surface area contributed by atoms with Crippen molar-refractivity contribution in [2.75, 3.05) is 0 Å². The molecule has 0 amide bonds. The number of benzene rings is 1. The van der Waals surface area contributed by atoms with Gasteiger partial charge in [-0.3, -0.25) is 0 Å². The Balaban J connectivity index is 2.55. The van der Waals surface area contributed by atoms with Gasteiger partial charge in [0.05, 0.1) is 4.60 Å². The molecule has 2 aromatic rings.